The average molecular weight is 353 g/mol. The van der Waals surface area contributed by atoms with E-state index in [9.17, 15) is 9.59 Å². The second-order valence-electron chi connectivity index (χ2n) is 5.79. The summed E-state index contributed by atoms with van der Waals surface area (Å²) < 4.78 is 10.4. The number of hydrogen-bond acceptors (Lipinski definition) is 5. The molecule has 1 N–H and O–H groups in total. The number of hydrazone groups is 1. The van der Waals surface area contributed by atoms with E-state index in [2.05, 4.69) is 10.5 Å². The van der Waals surface area contributed by atoms with Crippen molar-refractivity contribution in [2.75, 3.05) is 25.7 Å². The summed E-state index contributed by atoms with van der Waals surface area (Å²) in [6.07, 6.45) is 0. The fourth-order valence-electron chi connectivity index (χ4n) is 2.75. The first kappa shape index (κ1) is 17.5. The maximum absolute atomic E-state index is 12.4. The van der Waals surface area contributed by atoms with E-state index in [1.165, 1.54) is 4.90 Å². The number of anilines is 1. The maximum atomic E-state index is 12.4. The lowest BCUT2D eigenvalue weighted by Gasteiger charge is -2.11. The predicted octanol–water partition coefficient (Wildman–Crippen LogP) is 1.88. The molecule has 26 heavy (non-hydrogen) atoms. The van der Waals surface area contributed by atoms with Crippen molar-refractivity contribution in [3.05, 3.63) is 53.6 Å². The lowest BCUT2D eigenvalue weighted by atomic mass is 10.1. The van der Waals surface area contributed by atoms with Crippen molar-refractivity contribution in [3.8, 4) is 11.5 Å². The Balaban J connectivity index is 1.65. The van der Waals surface area contributed by atoms with Gasteiger partial charge in [-0.1, -0.05) is 18.2 Å². The van der Waals surface area contributed by atoms with E-state index < -0.39 is 5.91 Å². The highest BCUT2D eigenvalue weighted by Crippen LogP contribution is 2.31. The van der Waals surface area contributed by atoms with E-state index in [-0.39, 0.29) is 18.2 Å². The Kier molecular flexibility index (Phi) is 4.88. The van der Waals surface area contributed by atoms with Crippen LogP contribution in [-0.2, 0) is 9.59 Å². The Bertz CT molecular complexity index is 875. The van der Waals surface area contributed by atoms with Gasteiger partial charge >= 0.3 is 0 Å². The van der Waals surface area contributed by atoms with Gasteiger partial charge in [-0.15, -0.1) is 0 Å². The maximum Gasteiger partial charge on any atom is 0.279 e. The number of methoxy groups -OCH3 is 1. The van der Waals surface area contributed by atoms with Crippen LogP contribution < -0.4 is 19.8 Å². The number of benzene rings is 2. The Morgan fingerprint density at radius 3 is 2.54 bits per heavy atom. The molecule has 0 spiro atoms. The largest absolute Gasteiger partial charge is 0.497 e. The van der Waals surface area contributed by atoms with Crippen molar-refractivity contribution in [1.29, 1.82) is 0 Å². The molecule has 0 saturated heterocycles. The molecule has 1 heterocycles. The molecule has 2 aromatic rings. The molecule has 0 fully saturated rings. The lowest BCUT2D eigenvalue weighted by molar-refractivity contribution is -0.123. The van der Waals surface area contributed by atoms with E-state index >= 15 is 0 Å². The highest BCUT2D eigenvalue weighted by Gasteiger charge is 2.32. The smallest absolute Gasteiger partial charge is 0.279 e. The van der Waals surface area contributed by atoms with Crippen molar-refractivity contribution in [2.45, 2.75) is 6.92 Å². The van der Waals surface area contributed by atoms with Crippen LogP contribution >= 0.6 is 0 Å². The Hall–Kier alpha value is -3.35. The lowest BCUT2D eigenvalue weighted by Crippen LogP contribution is -2.30. The third-order valence-electron chi connectivity index (χ3n) is 4.06. The molecule has 0 unspecified atom stereocenters. The molecular weight excluding hydrogens is 334 g/mol. The number of hydrogen-bond donors (Lipinski definition) is 1. The van der Waals surface area contributed by atoms with Gasteiger partial charge in [0.1, 0.15) is 11.5 Å². The molecule has 0 atom stereocenters. The molecule has 2 aromatic carbocycles. The molecule has 0 radical (unpaired) electrons. The van der Waals surface area contributed by atoms with Crippen LogP contribution in [0.1, 0.15) is 11.1 Å². The van der Waals surface area contributed by atoms with Crippen LogP contribution in [0.4, 0.5) is 5.69 Å². The minimum atomic E-state index is -0.454. The first-order valence-corrected chi connectivity index (χ1v) is 8.02. The molecule has 0 aliphatic carbocycles. The van der Waals surface area contributed by atoms with Crippen LogP contribution in [0.25, 0.3) is 0 Å². The molecular formula is C19H19N3O4. The number of carbonyl (C=O) groups is 2. The second kappa shape index (κ2) is 7.26. The van der Waals surface area contributed by atoms with Gasteiger partial charge in [-0.3, -0.25) is 9.59 Å². The van der Waals surface area contributed by atoms with E-state index in [1.54, 1.807) is 38.4 Å². The molecule has 1 aliphatic rings. The number of ether oxygens (including phenoxy) is 2. The minimum absolute atomic E-state index is 0.212. The van der Waals surface area contributed by atoms with Crippen LogP contribution in [-0.4, -0.2) is 38.3 Å². The molecule has 3 rings (SSSR count). The zero-order chi connectivity index (χ0) is 18.7. The van der Waals surface area contributed by atoms with Crippen LogP contribution in [0.15, 0.2) is 47.6 Å². The van der Waals surface area contributed by atoms with Crippen LogP contribution in [0.3, 0.4) is 0 Å². The molecule has 0 aromatic heterocycles. The van der Waals surface area contributed by atoms with Gasteiger partial charge in [0.15, 0.2) is 12.3 Å². The van der Waals surface area contributed by atoms with Gasteiger partial charge in [-0.2, -0.15) is 5.10 Å². The summed E-state index contributed by atoms with van der Waals surface area (Å²) in [4.78, 5) is 25.9. The number of nitrogens with one attached hydrogen (secondary N) is 1. The summed E-state index contributed by atoms with van der Waals surface area (Å²) in [6, 6.07) is 12.5. The number of aryl methyl sites for hydroxylation is 1. The molecule has 7 heteroatoms. The van der Waals surface area contributed by atoms with E-state index in [4.69, 9.17) is 9.47 Å². The number of rotatable bonds is 5. The topological polar surface area (TPSA) is 80.2 Å². The molecule has 2 amide bonds. The Morgan fingerprint density at radius 2 is 1.85 bits per heavy atom. The number of nitrogens with zero attached hydrogens (tertiary/aromatic N) is 2. The third-order valence-corrected chi connectivity index (χ3v) is 4.06. The first-order valence-electron chi connectivity index (χ1n) is 8.02. The van der Waals surface area contributed by atoms with Gasteiger partial charge in [-0.25, -0.2) is 5.43 Å². The summed E-state index contributed by atoms with van der Waals surface area (Å²) in [6.45, 7) is 1.71. The summed E-state index contributed by atoms with van der Waals surface area (Å²) in [5.74, 6) is 0.521. The van der Waals surface area contributed by atoms with E-state index in [0.717, 1.165) is 11.3 Å². The zero-order valence-corrected chi connectivity index (χ0v) is 14.8. The monoisotopic (exact) mass is 353 g/mol. The normalized spacial score (nSPS) is 14.3. The Labute approximate surface area is 151 Å². The summed E-state index contributed by atoms with van der Waals surface area (Å²) >= 11 is 0. The number of para-hydroxylation sites is 1. The third kappa shape index (κ3) is 3.37. The zero-order valence-electron chi connectivity index (χ0n) is 14.8. The van der Waals surface area contributed by atoms with Crippen molar-refractivity contribution in [2.24, 2.45) is 5.10 Å². The van der Waals surface area contributed by atoms with Gasteiger partial charge in [0.2, 0.25) is 0 Å². The van der Waals surface area contributed by atoms with Crippen molar-refractivity contribution in [3.63, 3.8) is 0 Å². The van der Waals surface area contributed by atoms with E-state index in [1.807, 2.05) is 25.1 Å². The second-order valence-corrected chi connectivity index (χ2v) is 5.79. The fraction of sp³-hybridized carbons (Fsp3) is 0.211. The van der Waals surface area contributed by atoms with Gasteiger partial charge in [0, 0.05) is 12.6 Å². The molecule has 134 valence electrons. The van der Waals surface area contributed by atoms with Gasteiger partial charge in [0.25, 0.3) is 11.8 Å². The van der Waals surface area contributed by atoms with Crippen LogP contribution in [0.2, 0.25) is 0 Å². The van der Waals surface area contributed by atoms with Gasteiger partial charge < -0.3 is 14.4 Å². The van der Waals surface area contributed by atoms with Gasteiger partial charge in [0.05, 0.1) is 12.8 Å². The SMILES string of the molecule is COc1ccc(OCC(=O)NN=C2C(=O)N(C)c3c(C)cccc32)cc1. The highest BCUT2D eigenvalue weighted by atomic mass is 16.5. The average Bonchev–Trinajstić information content (AvgIpc) is 2.90. The summed E-state index contributed by atoms with van der Waals surface area (Å²) in [5.41, 5.74) is 5.07. The molecule has 0 bridgehead atoms. The summed E-state index contributed by atoms with van der Waals surface area (Å²) in [7, 11) is 3.26. The van der Waals surface area contributed by atoms with Crippen molar-refractivity contribution < 1.29 is 19.1 Å². The minimum Gasteiger partial charge on any atom is -0.497 e. The number of carbonyl (C=O) groups excluding carboxylic acids is 2. The summed E-state index contributed by atoms with van der Waals surface area (Å²) in [5, 5.41) is 4.00. The molecule has 0 saturated carbocycles. The van der Waals surface area contributed by atoms with Crippen LogP contribution in [0.5, 0.6) is 11.5 Å². The molecule has 7 nitrogen and oxygen atoms in total. The molecule has 1 aliphatic heterocycles. The number of likely N-dealkylation sites (N-methyl/N-ethyl adjacent to an activating group) is 1. The van der Waals surface area contributed by atoms with Crippen molar-refractivity contribution >= 4 is 23.2 Å². The first-order chi connectivity index (χ1) is 12.5. The van der Waals surface area contributed by atoms with Crippen LogP contribution in [0, 0.1) is 6.92 Å². The number of amides is 2. The fourth-order valence-corrected chi connectivity index (χ4v) is 2.75. The Morgan fingerprint density at radius 1 is 1.15 bits per heavy atom. The quantitative estimate of drug-likeness (QED) is 0.833. The van der Waals surface area contributed by atoms with Crippen molar-refractivity contribution in [1.82, 2.24) is 5.43 Å². The standard InChI is InChI=1S/C19H19N3O4/c1-12-5-4-6-15-17(19(24)22(2)18(12)15)21-20-16(23)11-26-14-9-7-13(25-3)8-10-14/h4-10H,11H2,1-3H3,(H,20,23). The van der Waals surface area contributed by atoms with E-state index in [0.29, 0.717) is 17.1 Å². The number of fused-ring (bicyclic) bond motifs is 1. The predicted molar refractivity (Wildman–Crippen MR) is 97.8 cm³/mol. The highest BCUT2D eigenvalue weighted by molar-refractivity contribution is 6.54. The van der Waals surface area contributed by atoms with Gasteiger partial charge in [-0.05, 0) is 36.8 Å².